The molecule has 0 aromatic heterocycles. The summed E-state index contributed by atoms with van der Waals surface area (Å²) >= 11 is 0. The number of rotatable bonds is 16. The molecule has 0 rings (SSSR count). The summed E-state index contributed by atoms with van der Waals surface area (Å²) in [5.41, 5.74) is 0. The van der Waals surface area contributed by atoms with Gasteiger partial charge < -0.3 is 5.11 Å². The van der Waals surface area contributed by atoms with Gasteiger partial charge >= 0.3 is 0 Å². The summed E-state index contributed by atoms with van der Waals surface area (Å²) in [5.74, 6) is 0. The van der Waals surface area contributed by atoms with E-state index in [0.717, 1.165) is 12.8 Å². The van der Waals surface area contributed by atoms with E-state index in [2.05, 4.69) is 6.92 Å². The van der Waals surface area contributed by atoms with E-state index in [1.807, 2.05) is 0 Å². The van der Waals surface area contributed by atoms with Gasteiger partial charge in [0.15, 0.2) is 0 Å². The van der Waals surface area contributed by atoms with E-state index in [1.165, 1.54) is 51.4 Å². The van der Waals surface area contributed by atoms with E-state index >= 15 is 0 Å². The van der Waals surface area contributed by atoms with Gasteiger partial charge in [-0.05, 0) is 32.1 Å². The Balaban J connectivity index is 3.49. The molecular weight excluding hydrogens is 312 g/mol. The van der Waals surface area contributed by atoms with E-state index in [4.69, 9.17) is 4.55 Å². The Kier molecular flexibility index (Phi) is 14.2. The van der Waals surface area contributed by atoms with Crippen LogP contribution in [-0.2, 0) is 10.1 Å². The van der Waals surface area contributed by atoms with Crippen molar-refractivity contribution in [3.8, 4) is 0 Å². The maximum absolute atomic E-state index is 11.1. The van der Waals surface area contributed by atoms with Crippen molar-refractivity contribution in [2.75, 3.05) is 0 Å². The minimum absolute atomic E-state index is 0.335. The largest absolute Gasteiger partial charge is 0.393 e. The van der Waals surface area contributed by atoms with Gasteiger partial charge in [0, 0.05) is 0 Å². The molecule has 4 nitrogen and oxygen atoms in total. The van der Waals surface area contributed by atoms with Crippen molar-refractivity contribution < 1.29 is 18.1 Å². The summed E-state index contributed by atoms with van der Waals surface area (Å²) in [6.07, 6.45) is 14.1. The lowest BCUT2D eigenvalue weighted by molar-refractivity contribution is 0.147. The Morgan fingerprint density at radius 3 is 1.70 bits per heavy atom. The lowest BCUT2D eigenvalue weighted by Crippen LogP contribution is -2.20. The molecule has 0 aromatic rings. The standard InChI is InChI=1S/C18H38O4S/c1-3-5-6-7-8-9-10-11-12-14-17(19)15-13-16-18(4-2)23(20,21)22/h17-19H,3-16H2,1-2H3,(H,20,21,22). The van der Waals surface area contributed by atoms with Gasteiger partial charge in [-0.3, -0.25) is 4.55 Å². The molecule has 2 N–H and O–H groups in total. The monoisotopic (exact) mass is 350 g/mol. The molecule has 0 aliphatic heterocycles. The fourth-order valence-corrected chi connectivity index (χ4v) is 3.87. The second-order valence-corrected chi connectivity index (χ2v) is 8.44. The quantitative estimate of drug-likeness (QED) is 0.300. The van der Waals surface area contributed by atoms with Gasteiger partial charge in [0.25, 0.3) is 10.1 Å². The summed E-state index contributed by atoms with van der Waals surface area (Å²) < 4.78 is 31.2. The first-order valence-electron chi connectivity index (χ1n) is 9.56. The molecule has 0 spiro atoms. The van der Waals surface area contributed by atoms with Crippen molar-refractivity contribution >= 4 is 10.1 Å². The maximum Gasteiger partial charge on any atom is 0.267 e. The Labute approximate surface area is 143 Å². The first-order chi connectivity index (χ1) is 10.9. The van der Waals surface area contributed by atoms with Crippen LogP contribution in [0.4, 0.5) is 0 Å². The molecule has 0 aliphatic rings. The molecule has 0 aromatic carbocycles. The van der Waals surface area contributed by atoms with Crippen LogP contribution >= 0.6 is 0 Å². The zero-order valence-electron chi connectivity index (χ0n) is 15.2. The third-order valence-corrected chi connectivity index (χ3v) is 5.99. The minimum atomic E-state index is -3.93. The summed E-state index contributed by atoms with van der Waals surface area (Å²) in [6.45, 7) is 3.99. The molecule has 0 fully saturated rings. The summed E-state index contributed by atoms with van der Waals surface area (Å²) in [4.78, 5) is 0. The molecule has 0 saturated heterocycles. The van der Waals surface area contributed by atoms with Crippen LogP contribution in [0.1, 0.15) is 104 Å². The molecule has 5 heteroatoms. The van der Waals surface area contributed by atoms with E-state index < -0.39 is 15.4 Å². The Morgan fingerprint density at radius 1 is 0.739 bits per heavy atom. The van der Waals surface area contributed by atoms with E-state index in [9.17, 15) is 13.5 Å². The number of aliphatic hydroxyl groups is 1. The predicted octanol–water partition coefficient (Wildman–Crippen LogP) is 5.10. The molecule has 0 radical (unpaired) electrons. The Hall–Kier alpha value is -0.130. The van der Waals surface area contributed by atoms with Gasteiger partial charge in [0.05, 0.1) is 11.4 Å². The molecule has 2 atom stereocenters. The molecule has 2 unspecified atom stereocenters. The highest BCUT2D eigenvalue weighted by Crippen LogP contribution is 2.16. The molecule has 0 aliphatic carbocycles. The van der Waals surface area contributed by atoms with Gasteiger partial charge in [-0.2, -0.15) is 8.42 Å². The highest BCUT2D eigenvalue weighted by atomic mass is 32.2. The van der Waals surface area contributed by atoms with Crippen LogP contribution in [0.3, 0.4) is 0 Å². The van der Waals surface area contributed by atoms with Crippen LogP contribution in [0.2, 0.25) is 0 Å². The molecule has 0 bridgehead atoms. The van der Waals surface area contributed by atoms with Crippen molar-refractivity contribution in [1.29, 1.82) is 0 Å². The van der Waals surface area contributed by atoms with Crippen molar-refractivity contribution in [1.82, 2.24) is 0 Å². The van der Waals surface area contributed by atoms with Gasteiger partial charge in [-0.1, -0.05) is 71.6 Å². The Bertz CT molecular complexity index is 354. The summed E-state index contributed by atoms with van der Waals surface area (Å²) in [6, 6.07) is 0. The van der Waals surface area contributed by atoms with Crippen LogP contribution < -0.4 is 0 Å². The zero-order valence-corrected chi connectivity index (χ0v) is 16.0. The van der Waals surface area contributed by atoms with Crippen molar-refractivity contribution in [2.24, 2.45) is 0 Å². The van der Waals surface area contributed by atoms with Crippen LogP contribution in [0.25, 0.3) is 0 Å². The third-order valence-electron chi connectivity index (χ3n) is 4.58. The zero-order chi connectivity index (χ0) is 17.6. The molecule has 140 valence electrons. The Morgan fingerprint density at radius 2 is 1.22 bits per heavy atom. The van der Waals surface area contributed by atoms with Crippen molar-refractivity contribution in [3.63, 3.8) is 0 Å². The predicted molar refractivity (Wildman–Crippen MR) is 97.3 cm³/mol. The smallest absolute Gasteiger partial charge is 0.267 e. The van der Waals surface area contributed by atoms with Crippen LogP contribution in [-0.4, -0.2) is 29.4 Å². The normalized spacial score (nSPS) is 14.8. The van der Waals surface area contributed by atoms with Crippen LogP contribution in [0.15, 0.2) is 0 Å². The number of unbranched alkanes of at least 4 members (excludes halogenated alkanes) is 8. The summed E-state index contributed by atoms with van der Waals surface area (Å²) in [7, 11) is -3.93. The third kappa shape index (κ3) is 14.0. The van der Waals surface area contributed by atoms with Crippen LogP contribution in [0.5, 0.6) is 0 Å². The minimum Gasteiger partial charge on any atom is -0.393 e. The molecular formula is C18H38O4S. The van der Waals surface area contributed by atoms with Gasteiger partial charge in [0.1, 0.15) is 0 Å². The molecule has 0 heterocycles. The average molecular weight is 351 g/mol. The number of aliphatic hydroxyl groups excluding tert-OH is 1. The number of hydrogen-bond donors (Lipinski definition) is 2. The van der Waals surface area contributed by atoms with E-state index in [0.29, 0.717) is 25.7 Å². The van der Waals surface area contributed by atoms with E-state index in [1.54, 1.807) is 6.92 Å². The lowest BCUT2D eigenvalue weighted by Gasteiger charge is -2.14. The maximum atomic E-state index is 11.1. The highest BCUT2D eigenvalue weighted by Gasteiger charge is 2.20. The molecule has 0 saturated carbocycles. The fourth-order valence-electron chi connectivity index (χ4n) is 2.98. The van der Waals surface area contributed by atoms with E-state index in [-0.39, 0.29) is 6.10 Å². The molecule has 0 amide bonds. The van der Waals surface area contributed by atoms with Crippen molar-refractivity contribution in [3.05, 3.63) is 0 Å². The second-order valence-electron chi connectivity index (χ2n) is 6.75. The average Bonchev–Trinajstić information content (AvgIpc) is 2.48. The number of hydrogen-bond acceptors (Lipinski definition) is 3. The first-order valence-corrected chi connectivity index (χ1v) is 11.1. The topological polar surface area (TPSA) is 74.6 Å². The molecule has 23 heavy (non-hydrogen) atoms. The van der Waals surface area contributed by atoms with Gasteiger partial charge in [0.2, 0.25) is 0 Å². The van der Waals surface area contributed by atoms with Crippen LogP contribution in [0, 0.1) is 0 Å². The highest BCUT2D eigenvalue weighted by molar-refractivity contribution is 7.86. The SMILES string of the molecule is CCCCCCCCCCCC(O)CCCC(CC)S(=O)(=O)O. The second kappa shape index (κ2) is 14.2. The summed E-state index contributed by atoms with van der Waals surface area (Å²) in [5, 5.41) is 9.25. The van der Waals surface area contributed by atoms with Gasteiger partial charge in [-0.25, -0.2) is 0 Å². The first kappa shape index (κ1) is 22.9. The fraction of sp³-hybridized carbons (Fsp3) is 1.00. The van der Waals surface area contributed by atoms with Crippen molar-refractivity contribution in [2.45, 2.75) is 115 Å². The van der Waals surface area contributed by atoms with Gasteiger partial charge in [-0.15, -0.1) is 0 Å². The lowest BCUT2D eigenvalue weighted by atomic mass is 10.0.